The Morgan fingerprint density at radius 1 is 1.21 bits per heavy atom. The van der Waals surface area contributed by atoms with E-state index >= 15 is 0 Å². The molecule has 2 amide bonds. The molecular weight excluding hydrogens is 368 g/mol. The van der Waals surface area contributed by atoms with E-state index < -0.39 is 0 Å². The number of hydrogen-bond acceptors (Lipinski definition) is 4. The molecule has 7 nitrogen and oxygen atoms in total. The van der Waals surface area contributed by atoms with Crippen LogP contribution in [0, 0.1) is 5.92 Å². The molecule has 1 aliphatic heterocycles. The van der Waals surface area contributed by atoms with Crippen LogP contribution < -0.4 is 15.4 Å². The molecule has 0 radical (unpaired) electrons. The minimum absolute atomic E-state index is 0.0233. The molecule has 29 heavy (non-hydrogen) atoms. The van der Waals surface area contributed by atoms with Crippen molar-refractivity contribution in [1.82, 2.24) is 20.4 Å². The van der Waals surface area contributed by atoms with Gasteiger partial charge in [-0.2, -0.15) is 5.10 Å². The lowest BCUT2D eigenvalue weighted by atomic mass is 9.94. The summed E-state index contributed by atoms with van der Waals surface area (Å²) in [5.41, 5.74) is 2.55. The molecule has 1 saturated carbocycles. The highest BCUT2D eigenvalue weighted by Crippen LogP contribution is 2.28. The van der Waals surface area contributed by atoms with Crippen molar-refractivity contribution < 1.29 is 14.3 Å². The molecule has 2 N–H and O–H groups in total. The number of amides is 2. The van der Waals surface area contributed by atoms with Crippen molar-refractivity contribution in [3.8, 4) is 5.75 Å². The molecule has 1 aromatic heterocycles. The van der Waals surface area contributed by atoms with E-state index in [2.05, 4.69) is 15.7 Å². The molecule has 7 heteroatoms. The summed E-state index contributed by atoms with van der Waals surface area (Å²) in [7, 11) is 0. The zero-order chi connectivity index (χ0) is 20.2. The van der Waals surface area contributed by atoms with Crippen molar-refractivity contribution in [3.63, 3.8) is 0 Å². The van der Waals surface area contributed by atoms with Gasteiger partial charge in [0.15, 0.2) is 0 Å². The monoisotopic (exact) mass is 396 g/mol. The molecule has 1 aliphatic carbocycles. The third-order valence-corrected chi connectivity index (χ3v) is 5.82. The van der Waals surface area contributed by atoms with Crippen molar-refractivity contribution in [1.29, 1.82) is 0 Å². The van der Waals surface area contributed by atoms with Gasteiger partial charge < -0.3 is 15.4 Å². The smallest absolute Gasteiger partial charge is 0.255 e. The second-order valence-electron chi connectivity index (χ2n) is 7.99. The quantitative estimate of drug-likeness (QED) is 0.753. The number of nitrogens with zero attached hydrogens (tertiary/aromatic N) is 2. The first-order valence-electron chi connectivity index (χ1n) is 10.4. The molecule has 2 aliphatic rings. The molecule has 1 unspecified atom stereocenters. The summed E-state index contributed by atoms with van der Waals surface area (Å²) >= 11 is 0. The normalized spacial score (nSPS) is 18.4. The Hall–Kier alpha value is -2.83. The number of hydrogen-bond donors (Lipinski definition) is 2. The van der Waals surface area contributed by atoms with E-state index in [0.29, 0.717) is 30.7 Å². The molecule has 2 heterocycles. The fourth-order valence-electron chi connectivity index (χ4n) is 3.85. The van der Waals surface area contributed by atoms with Gasteiger partial charge in [0.2, 0.25) is 5.91 Å². The maximum atomic E-state index is 12.8. The van der Waals surface area contributed by atoms with Gasteiger partial charge in [-0.25, -0.2) is 0 Å². The van der Waals surface area contributed by atoms with E-state index in [-0.39, 0.29) is 11.8 Å². The van der Waals surface area contributed by atoms with Crippen molar-refractivity contribution in [2.45, 2.75) is 58.2 Å². The van der Waals surface area contributed by atoms with Gasteiger partial charge in [-0.05, 0) is 44.1 Å². The van der Waals surface area contributed by atoms with Crippen LogP contribution in [0.5, 0.6) is 5.75 Å². The van der Waals surface area contributed by atoms with Gasteiger partial charge >= 0.3 is 0 Å². The van der Waals surface area contributed by atoms with Crippen molar-refractivity contribution in [2.75, 3.05) is 6.54 Å². The molecule has 154 valence electrons. The number of rotatable bonds is 7. The molecule has 1 fully saturated rings. The summed E-state index contributed by atoms with van der Waals surface area (Å²) in [6.07, 6.45) is 7.06. The van der Waals surface area contributed by atoms with Gasteiger partial charge in [0.05, 0.1) is 23.6 Å². The van der Waals surface area contributed by atoms with E-state index in [1.54, 1.807) is 6.20 Å². The highest BCUT2D eigenvalue weighted by atomic mass is 16.5. The standard InChI is InChI=1S/C22H28N4O3/c1-15(27)23-12-16-9-10-26-20(11-16)19(14-25-26)22(28)24-13-17-5-2-3-8-21(17)29-18-6-4-7-18/h2-3,5,8,14,16,18H,4,6-7,9-13H2,1H3,(H,23,27)(H,24,28). The average Bonchev–Trinajstić information content (AvgIpc) is 3.11. The zero-order valence-corrected chi connectivity index (χ0v) is 16.8. The topological polar surface area (TPSA) is 85.2 Å². The Morgan fingerprint density at radius 3 is 2.79 bits per heavy atom. The van der Waals surface area contributed by atoms with Crippen LogP contribution in [0.15, 0.2) is 30.5 Å². The van der Waals surface area contributed by atoms with Crippen LogP contribution in [0.2, 0.25) is 0 Å². The van der Waals surface area contributed by atoms with Crippen LogP contribution >= 0.6 is 0 Å². The summed E-state index contributed by atoms with van der Waals surface area (Å²) in [6, 6.07) is 7.88. The molecule has 0 spiro atoms. The van der Waals surface area contributed by atoms with E-state index in [0.717, 1.165) is 49.2 Å². The molecule has 1 atom stereocenters. The third kappa shape index (κ3) is 4.60. The number of nitrogens with one attached hydrogen (secondary N) is 2. The summed E-state index contributed by atoms with van der Waals surface area (Å²) in [4.78, 5) is 24.0. The van der Waals surface area contributed by atoms with Crippen LogP contribution in [0.1, 0.15) is 54.2 Å². The van der Waals surface area contributed by atoms with Gasteiger partial charge in [0, 0.05) is 32.1 Å². The Labute approximate surface area is 170 Å². The van der Waals surface area contributed by atoms with Crippen molar-refractivity contribution in [2.24, 2.45) is 5.92 Å². The molecular formula is C22H28N4O3. The number of fused-ring (bicyclic) bond motifs is 1. The first-order chi connectivity index (χ1) is 14.1. The van der Waals surface area contributed by atoms with Gasteiger partial charge in [0.25, 0.3) is 5.91 Å². The lowest BCUT2D eigenvalue weighted by molar-refractivity contribution is -0.119. The Kier molecular flexibility index (Phi) is 5.83. The number of ether oxygens (including phenoxy) is 1. The van der Waals surface area contributed by atoms with Crippen LogP contribution in [-0.2, 0) is 24.3 Å². The predicted molar refractivity (Wildman–Crippen MR) is 109 cm³/mol. The van der Waals surface area contributed by atoms with Crippen molar-refractivity contribution in [3.05, 3.63) is 47.3 Å². The second kappa shape index (κ2) is 8.68. The lowest BCUT2D eigenvalue weighted by Crippen LogP contribution is -2.33. The molecule has 0 saturated heterocycles. The predicted octanol–water partition coefficient (Wildman–Crippen LogP) is 2.44. The maximum Gasteiger partial charge on any atom is 0.255 e. The van der Waals surface area contributed by atoms with Gasteiger partial charge in [-0.3, -0.25) is 14.3 Å². The number of carbonyl (C=O) groups excluding carboxylic acids is 2. The summed E-state index contributed by atoms with van der Waals surface area (Å²) in [6.45, 7) is 3.35. The van der Waals surface area contributed by atoms with Crippen LogP contribution in [-0.4, -0.2) is 34.2 Å². The molecule has 2 aromatic rings. The molecule has 4 rings (SSSR count). The largest absolute Gasteiger partial charge is 0.490 e. The number of para-hydroxylation sites is 1. The summed E-state index contributed by atoms with van der Waals surface area (Å²) < 4.78 is 7.96. The fraction of sp³-hybridized carbons (Fsp3) is 0.500. The van der Waals surface area contributed by atoms with Gasteiger partial charge in [-0.1, -0.05) is 18.2 Å². The third-order valence-electron chi connectivity index (χ3n) is 5.82. The zero-order valence-electron chi connectivity index (χ0n) is 16.8. The van der Waals surface area contributed by atoms with Crippen LogP contribution in [0.4, 0.5) is 0 Å². The van der Waals surface area contributed by atoms with E-state index in [9.17, 15) is 9.59 Å². The first kappa shape index (κ1) is 19.5. The minimum atomic E-state index is -0.120. The van der Waals surface area contributed by atoms with Crippen LogP contribution in [0.3, 0.4) is 0 Å². The van der Waals surface area contributed by atoms with Crippen LogP contribution in [0.25, 0.3) is 0 Å². The number of aryl methyl sites for hydroxylation is 1. The second-order valence-corrected chi connectivity index (χ2v) is 7.99. The Balaban J connectivity index is 1.39. The number of benzene rings is 1. The first-order valence-corrected chi connectivity index (χ1v) is 10.4. The summed E-state index contributed by atoms with van der Waals surface area (Å²) in [5, 5.41) is 10.3. The molecule has 1 aromatic carbocycles. The van der Waals surface area contributed by atoms with Gasteiger partial charge in [-0.15, -0.1) is 0 Å². The van der Waals surface area contributed by atoms with E-state index in [4.69, 9.17) is 4.74 Å². The minimum Gasteiger partial charge on any atom is -0.490 e. The van der Waals surface area contributed by atoms with E-state index in [1.165, 1.54) is 13.3 Å². The Bertz CT molecular complexity index is 888. The molecule has 0 bridgehead atoms. The Morgan fingerprint density at radius 2 is 2.03 bits per heavy atom. The fourth-order valence-corrected chi connectivity index (χ4v) is 3.85. The van der Waals surface area contributed by atoms with Crippen molar-refractivity contribution >= 4 is 11.8 Å². The average molecular weight is 396 g/mol. The summed E-state index contributed by atoms with van der Waals surface area (Å²) in [5.74, 6) is 1.03. The van der Waals surface area contributed by atoms with Gasteiger partial charge in [0.1, 0.15) is 5.75 Å². The number of aromatic nitrogens is 2. The van der Waals surface area contributed by atoms with E-state index in [1.807, 2.05) is 28.9 Å². The lowest BCUT2D eigenvalue weighted by Gasteiger charge is -2.27. The highest BCUT2D eigenvalue weighted by molar-refractivity contribution is 5.95. The maximum absolute atomic E-state index is 12.8. The highest BCUT2D eigenvalue weighted by Gasteiger charge is 2.25. The SMILES string of the molecule is CC(=O)NCC1CCn2ncc(C(=O)NCc3ccccc3OC3CCC3)c2C1. The number of carbonyl (C=O) groups is 2.